The number of hydrogen-bond acceptors (Lipinski definition) is 4. The van der Waals surface area contributed by atoms with Crippen molar-refractivity contribution in [3.63, 3.8) is 0 Å². The molecule has 0 bridgehead atoms. The van der Waals surface area contributed by atoms with Crippen LogP contribution in [0, 0.1) is 0 Å². The Morgan fingerprint density at radius 3 is 2.21 bits per heavy atom. The van der Waals surface area contributed by atoms with Crippen molar-refractivity contribution in [2.24, 2.45) is 0 Å². The minimum Gasteiger partial charge on any atom is -0.343 e. The maximum absolute atomic E-state index is 12.6. The summed E-state index contributed by atoms with van der Waals surface area (Å²) in [6.45, 7) is 5.75. The normalized spacial score (nSPS) is 11.3. The molecular formula is C21H26N2O4S. The number of benzene rings is 2. The zero-order valence-corrected chi connectivity index (χ0v) is 17.2. The van der Waals surface area contributed by atoms with Gasteiger partial charge < -0.3 is 10.2 Å². The lowest BCUT2D eigenvalue weighted by Crippen LogP contribution is -2.40. The second kappa shape index (κ2) is 9.50. The van der Waals surface area contributed by atoms with Crippen molar-refractivity contribution in [1.29, 1.82) is 0 Å². The Bertz CT molecular complexity index is 924. The predicted octanol–water partition coefficient (Wildman–Crippen LogP) is 2.65. The molecule has 0 fully saturated rings. The van der Waals surface area contributed by atoms with Gasteiger partial charge in [-0.1, -0.05) is 42.5 Å². The molecule has 0 atom stereocenters. The SMILES string of the molecule is CCN(Cc1ccccc1)C(=O)CNC(=O)c1ccccc1S(=O)(=O)C(C)C. The smallest absolute Gasteiger partial charge is 0.253 e. The van der Waals surface area contributed by atoms with Crippen LogP contribution in [0.15, 0.2) is 59.5 Å². The monoisotopic (exact) mass is 402 g/mol. The molecule has 6 nitrogen and oxygen atoms in total. The minimum atomic E-state index is -3.61. The molecule has 0 saturated heterocycles. The number of likely N-dealkylation sites (N-methyl/N-ethyl adjacent to an activating group) is 1. The number of nitrogens with zero attached hydrogens (tertiary/aromatic N) is 1. The summed E-state index contributed by atoms with van der Waals surface area (Å²) < 4.78 is 25.0. The number of carbonyl (C=O) groups excluding carboxylic acids is 2. The van der Waals surface area contributed by atoms with Crippen LogP contribution in [0.2, 0.25) is 0 Å². The lowest BCUT2D eigenvalue weighted by molar-refractivity contribution is -0.130. The molecule has 0 radical (unpaired) electrons. The van der Waals surface area contributed by atoms with E-state index in [4.69, 9.17) is 0 Å². The standard InChI is InChI=1S/C21H26N2O4S/c1-4-23(15-17-10-6-5-7-11-17)20(24)14-22-21(25)18-12-8-9-13-19(18)28(26,27)16(2)3/h5-13,16H,4,14-15H2,1-3H3,(H,22,25). The summed E-state index contributed by atoms with van der Waals surface area (Å²) in [5.41, 5.74) is 1.05. The fourth-order valence-electron chi connectivity index (χ4n) is 2.70. The van der Waals surface area contributed by atoms with Crippen molar-refractivity contribution < 1.29 is 18.0 Å². The Morgan fingerprint density at radius 2 is 1.61 bits per heavy atom. The highest BCUT2D eigenvalue weighted by Gasteiger charge is 2.25. The fraction of sp³-hybridized carbons (Fsp3) is 0.333. The quantitative estimate of drug-likeness (QED) is 0.736. The average Bonchev–Trinajstić information content (AvgIpc) is 2.70. The Morgan fingerprint density at radius 1 is 1.00 bits per heavy atom. The highest BCUT2D eigenvalue weighted by molar-refractivity contribution is 7.92. The topological polar surface area (TPSA) is 83.6 Å². The van der Waals surface area contributed by atoms with Gasteiger partial charge in [-0.05, 0) is 38.5 Å². The molecule has 0 aliphatic carbocycles. The average molecular weight is 403 g/mol. The predicted molar refractivity (Wildman–Crippen MR) is 109 cm³/mol. The van der Waals surface area contributed by atoms with Gasteiger partial charge in [0.25, 0.3) is 5.91 Å². The third-order valence-electron chi connectivity index (χ3n) is 4.41. The molecule has 0 unspecified atom stereocenters. The lowest BCUT2D eigenvalue weighted by atomic mass is 10.2. The maximum atomic E-state index is 12.6. The zero-order valence-electron chi connectivity index (χ0n) is 16.4. The van der Waals surface area contributed by atoms with Gasteiger partial charge in [-0.25, -0.2) is 8.42 Å². The molecule has 2 rings (SSSR count). The maximum Gasteiger partial charge on any atom is 0.253 e. The van der Waals surface area contributed by atoms with Gasteiger partial charge in [0.1, 0.15) is 0 Å². The highest BCUT2D eigenvalue weighted by Crippen LogP contribution is 2.20. The first-order valence-electron chi connectivity index (χ1n) is 9.20. The van der Waals surface area contributed by atoms with Gasteiger partial charge >= 0.3 is 0 Å². The molecule has 150 valence electrons. The zero-order chi connectivity index (χ0) is 20.7. The van der Waals surface area contributed by atoms with E-state index in [0.29, 0.717) is 13.1 Å². The van der Waals surface area contributed by atoms with Crippen molar-refractivity contribution >= 4 is 21.7 Å². The van der Waals surface area contributed by atoms with Crippen LogP contribution in [0.4, 0.5) is 0 Å². The largest absolute Gasteiger partial charge is 0.343 e. The number of sulfone groups is 1. The molecular weight excluding hydrogens is 376 g/mol. The first kappa shape index (κ1) is 21.6. The molecule has 0 heterocycles. The van der Waals surface area contributed by atoms with E-state index in [-0.39, 0.29) is 22.9 Å². The van der Waals surface area contributed by atoms with Gasteiger partial charge in [0.15, 0.2) is 9.84 Å². The number of carbonyl (C=O) groups is 2. The summed E-state index contributed by atoms with van der Waals surface area (Å²) in [6.07, 6.45) is 0. The summed E-state index contributed by atoms with van der Waals surface area (Å²) in [4.78, 5) is 26.7. The molecule has 0 aromatic heterocycles. The molecule has 0 saturated carbocycles. The molecule has 7 heteroatoms. The van der Waals surface area contributed by atoms with E-state index in [1.807, 2.05) is 37.3 Å². The molecule has 1 N–H and O–H groups in total. The Labute approximate surface area is 166 Å². The summed E-state index contributed by atoms with van der Waals surface area (Å²) in [5, 5.41) is 1.91. The van der Waals surface area contributed by atoms with Gasteiger partial charge in [-0.15, -0.1) is 0 Å². The first-order chi connectivity index (χ1) is 13.3. The van der Waals surface area contributed by atoms with E-state index < -0.39 is 21.0 Å². The number of rotatable bonds is 8. The Kier molecular flexibility index (Phi) is 7.34. The van der Waals surface area contributed by atoms with Gasteiger partial charge in [0, 0.05) is 13.1 Å². The van der Waals surface area contributed by atoms with Gasteiger partial charge in [0.2, 0.25) is 5.91 Å². The third kappa shape index (κ3) is 5.19. The van der Waals surface area contributed by atoms with Crippen LogP contribution in [-0.2, 0) is 21.2 Å². The van der Waals surface area contributed by atoms with E-state index in [1.54, 1.807) is 30.9 Å². The lowest BCUT2D eigenvalue weighted by Gasteiger charge is -2.21. The van der Waals surface area contributed by atoms with E-state index in [9.17, 15) is 18.0 Å². The summed E-state index contributed by atoms with van der Waals surface area (Å²) in [6, 6.07) is 15.6. The Hall–Kier alpha value is -2.67. The van der Waals surface area contributed by atoms with Crippen molar-refractivity contribution in [2.75, 3.05) is 13.1 Å². The van der Waals surface area contributed by atoms with Crippen molar-refractivity contribution in [2.45, 2.75) is 37.5 Å². The summed E-state index contributed by atoms with van der Waals surface area (Å²) in [7, 11) is -3.61. The Balaban J connectivity index is 2.09. The summed E-state index contributed by atoms with van der Waals surface area (Å²) >= 11 is 0. The van der Waals surface area contributed by atoms with Crippen LogP contribution in [0.5, 0.6) is 0 Å². The van der Waals surface area contributed by atoms with Crippen molar-refractivity contribution in [1.82, 2.24) is 10.2 Å². The van der Waals surface area contributed by atoms with Crippen LogP contribution in [-0.4, -0.2) is 43.5 Å². The minimum absolute atomic E-state index is 0.0217. The van der Waals surface area contributed by atoms with E-state index >= 15 is 0 Å². The summed E-state index contributed by atoms with van der Waals surface area (Å²) in [5.74, 6) is -0.812. The first-order valence-corrected chi connectivity index (χ1v) is 10.7. The molecule has 0 aliphatic rings. The second-order valence-electron chi connectivity index (χ2n) is 6.67. The molecule has 2 aromatic rings. The van der Waals surface area contributed by atoms with Gasteiger partial charge in [-0.3, -0.25) is 9.59 Å². The van der Waals surface area contributed by atoms with Gasteiger partial charge in [0.05, 0.1) is 22.3 Å². The third-order valence-corrected chi connectivity index (χ3v) is 6.62. The number of amides is 2. The van der Waals surface area contributed by atoms with E-state index in [2.05, 4.69) is 5.32 Å². The molecule has 0 aliphatic heterocycles. The van der Waals surface area contributed by atoms with Crippen molar-refractivity contribution in [3.8, 4) is 0 Å². The molecule has 28 heavy (non-hydrogen) atoms. The van der Waals surface area contributed by atoms with E-state index in [0.717, 1.165) is 5.56 Å². The molecule has 2 aromatic carbocycles. The second-order valence-corrected chi connectivity index (χ2v) is 9.14. The van der Waals surface area contributed by atoms with Crippen LogP contribution >= 0.6 is 0 Å². The van der Waals surface area contributed by atoms with Crippen LogP contribution in [0.1, 0.15) is 36.7 Å². The van der Waals surface area contributed by atoms with Crippen LogP contribution in [0.3, 0.4) is 0 Å². The molecule has 2 amide bonds. The van der Waals surface area contributed by atoms with E-state index in [1.165, 1.54) is 12.1 Å². The van der Waals surface area contributed by atoms with Gasteiger partial charge in [-0.2, -0.15) is 0 Å². The fourth-order valence-corrected chi connectivity index (χ4v) is 3.94. The molecule has 0 spiro atoms. The highest BCUT2D eigenvalue weighted by atomic mass is 32.2. The van der Waals surface area contributed by atoms with Crippen LogP contribution < -0.4 is 5.32 Å². The van der Waals surface area contributed by atoms with Crippen LogP contribution in [0.25, 0.3) is 0 Å². The van der Waals surface area contributed by atoms with Crippen molar-refractivity contribution in [3.05, 3.63) is 65.7 Å². The number of hydrogen-bond donors (Lipinski definition) is 1. The number of nitrogens with one attached hydrogen (secondary N) is 1.